The van der Waals surface area contributed by atoms with Gasteiger partial charge in [0.15, 0.2) is 0 Å². The van der Waals surface area contributed by atoms with Crippen LogP contribution in [0, 0.1) is 5.82 Å². The van der Waals surface area contributed by atoms with Crippen LogP contribution in [-0.4, -0.2) is 28.2 Å². The van der Waals surface area contributed by atoms with Gasteiger partial charge in [0.05, 0.1) is 5.52 Å². The van der Waals surface area contributed by atoms with Crippen LogP contribution in [0.4, 0.5) is 21.8 Å². The van der Waals surface area contributed by atoms with E-state index in [-0.39, 0.29) is 12.4 Å². The average Bonchev–Trinajstić information content (AvgIpc) is 2.57. The molecule has 0 saturated carbocycles. The van der Waals surface area contributed by atoms with Crippen LogP contribution < -0.4 is 10.6 Å². The number of aromatic nitrogens is 2. The van der Waals surface area contributed by atoms with Crippen LogP contribution in [0.2, 0.25) is 0 Å². The Morgan fingerprint density at radius 2 is 1.78 bits per heavy atom. The first-order valence-electron chi connectivity index (χ1n) is 7.40. The molecule has 3 N–H and O–H groups in total. The lowest BCUT2D eigenvalue weighted by molar-refractivity contribution is 0.292. The maximum absolute atomic E-state index is 13.0. The molecular weight excluding hydrogens is 295 g/mol. The monoisotopic (exact) mass is 312 g/mol. The minimum Gasteiger partial charge on any atom is -0.396 e. The molecule has 1 aromatic heterocycles. The molecule has 23 heavy (non-hydrogen) atoms. The Hall–Kier alpha value is -2.73. The molecule has 0 amide bonds. The normalized spacial score (nSPS) is 10.7. The van der Waals surface area contributed by atoms with Gasteiger partial charge < -0.3 is 15.7 Å². The van der Waals surface area contributed by atoms with Crippen LogP contribution in [0.25, 0.3) is 10.9 Å². The van der Waals surface area contributed by atoms with E-state index in [0.29, 0.717) is 30.4 Å². The molecule has 2 aromatic carbocycles. The second kappa shape index (κ2) is 7.02. The molecule has 0 aliphatic heterocycles. The van der Waals surface area contributed by atoms with Crippen molar-refractivity contribution >= 4 is 28.4 Å². The van der Waals surface area contributed by atoms with E-state index in [2.05, 4.69) is 20.6 Å². The highest BCUT2D eigenvalue weighted by Gasteiger charge is 2.07. The van der Waals surface area contributed by atoms with Crippen LogP contribution in [0.15, 0.2) is 48.5 Å². The predicted molar refractivity (Wildman–Crippen MR) is 89.4 cm³/mol. The Morgan fingerprint density at radius 3 is 2.57 bits per heavy atom. The summed E-state index contributed by atoms with van der Waals surface area (Å²) in [6, 6.07) is 13.7. The molecule has 1 heterocycles. The number of halogens is 1. The van der Waals surface area contributed by atoms with Gasteiger partial charge in [-0.3, -0.25) is 0 Å². The number of benzene rings is 2. The number of anilines is 3. The van der Waals surface area contributed by atoms with Crippen molar-refractivity contribution in [2.45, 2.75) is 6.42 Å². The maximum Gasteiger partial charge on any atom is 0.229 e. The highest BCUT2D eigenvalue weighted by Crippen LogP contribution is 2.23. The van der Waals surface area contributed by atoms with E-state index in [0.717, 1.165) is 10.9 Å². The van der Waals surface area contributed by atoms with Gasteiger partial charge in [0, 0.05) is 24.2 Å². The quantitative estimate of drug-likeness (QED) is 0.609. The summed E-state index contributed by atoms with van der Waals surface area (Å²) in [4.78, 5) is 8.96. The van der Waals surface area contributed by atoms with Crippen molar-refractivity contribution in [2.24, 2.45) is 0 Å². The lowest BCUT2D eigenvalue weighted by atomic mass is 10.2. The Morgan fingerprint density at radius 1 is 1.00 bits per heavy atom. The molecule has 0 bridgehead atoms. The zero-order chi connectivity index (χ0) is 16.1. The van der Waals surface area contributed by atoms with Gasteiger partial charge in [0.1, 0.15) is 11.6 Å². The average molecular weight is 312 g/mol. The molecule has 0 aliphatic carbocycles. The minimum absolute atomic E-state index is 0.122. The first-order chi connectivity index (χ1) is 11.3. The van der Waals surface area contributed by atoms with Crippen LogP contribution >= 0.6 is 0 Å². The van der Waals surface area contributed by atoms with E-state index in [1.807, 2.05) is 24.3 Å². The lowest BCUT2D eigenvalue weighted by Gasteiger charge is -2.11. The van der Waals surface area contributed by atoms with E-state index in [4.69, 9.17) is 5.11 Å². The second-order valence-corrected chi connectivity index (χ2v) is 5.05. The summed E-state index contributed by atoms with van der Waals surface area (Å²) in [7, 11) is 0. The number of para-hydroxylation sites is 1. The lowest BCUT2D eigenvalue weighted by Crippen LogP contribution is -2.08. The fraction of sp³-hybridized carbons (Fsp3) is 0.176. The standard InChI is InChI=1S/C17H17FN4O/c18-12-6-8-13(9-7-12)20-17-21-15-5-2-1-4-14(15)16(22-17)19-10-3-11-23/h1-2,4-9,23H,3,10-11H2,(H2,19,20,21,22). The Labute approximate surface area is 133 Å². The van der Waals surface area contributed by atoms with Crippen molar-refractivity contribution < 1.29 is 9.50 Å². The molecule has 5 nitrogen and oxygen atoms in total. The van der Waals surface area contributed by atoms with Crippen molar-refractivity contribution in [3.05, 3.63) is 54.3 Å². The highest BCUT2D eigenvalue weighted by atomic mass is 19.1. The van der Waals surface area contributed by atoms with Gasteiger partial charge >= 0.3 is 0 Å². The second-order valence-electron chi connectivity index (χ2n) is 5.05. The summed E-state index contributed by atoms with van der Waals surface area (Å²) in [5.41, 5.74) is 1.52. The Bertz CT molecular complexity index is 792. The molecule has 0 spiro atoms. The zero-order valence-corrected chi connectivity index (χ0v) is 12.5. The number of hydrogen-bond acceptors (Lipinski definition) is 5. The topological polar surface area (TPSA) is 70.1 Å². The van der Waals surface area contributed by atoms with Gasteiger partial charge in [-0.2, -0.15) is 4.98 Å². The molecule has 3 aromatic rings. The smallest absolute Gasteiger partial charge is 0.229 e. The van der Waals surface area contributed by atoms with Gasteiger partial charge in [0.2, 0.25) is 5.95 Å². The van der Waals surface area contributed by atoms with Crippen LogP contribution in [-0.2, 0) is 0 Å². The summed E-state index contributed by atoms with van der Waals surface area (Å²) < 4.78 is 13.0. The molecule has 6 heteroatoms. The van der Waals surface area contributed by atoms with E-state index < -0.39 is 0 Å². The van der Waals surface area contributed by atoms with Gasteiger partial charge in [-0.25, -0.2) is 9.37 Å². The van der Waals surface area contributed by atoms with E-state index >= 15 is 0 Å². The summed E-state index contributed by atoms with van der Waals surface area (Å²) in [6.45, 7) is 0.740. The van der Waals surface area contributed by atoms with Crippen molar-refractivity contribution in [3.63, 3.8) is 0 Å². The minimum atomic E-state index is -0.290. The van der Waals surface area contributed by atoms with Crippen molar-refractivity contribution in [2.75, 3.05) is 23.8 Å². The van der Waals surface area contributed by atoms with Crippen molar-refractivity contribution in [1.82, 2.24) is 9.97 Å². The van der Waals surface area contributed by atoms with E-state index in [1.165, 1.54) is 12.1 Å². The van der Waals surface area contributed by atoms with Crippen molar-refractivity contribution in [1.29, 1.82) is 0 Å². The highest BCUT2D eigenvalue weighted by molar-refractivity contribution is 5.90. The third-order valence-corrected chi connectivity index (χ3v) is 3.33. The van der Waals surface area contributed by atoms with Gasteiger partial charge in [-0.05, 0) is 42.8 Å². The molecule has 3 rings (SSSR count). The summed E-state index contributed by atoms with van der Waals surface area (Å²) in [6.07, 6.45) is 0.638. The first-order valence-corrected chi connectivity index (χ1v) is 7.40. The fourth-order valence-electron chi connectivity index (χ4n) is 2.22. The molecule has 0 radical (unpaired) electrons. The molecule has 118 valence electrons. The number of hydrogen-bond donors (Lipinski definition) is 3. The summed E-state index contributed by atoms with van der Waals surface area (Å²) in [5, 5.41) is 16.1. The van der Waals surface area contributed by atoms with Crippen molar-refractivity contribution in [3.8, 4) is 0 Å². The molecule has 0 fully saturated rings. The largest absolute Gasteiger partial charge is 0.396 e. The number of aliphatic hydroxyl groups excluding tert-OH is 1. The number of fused-ring (bicyclic) bond motifs is 1. The van der Waals surface area contributed by atoms with Crippen LogP contribution in [0.1, 0.15) is 6.42 Å². The third kappa shape index (κ3) is 3.73. The molecule has 0 unspecified atom stereocenters. The number of nitrogens with one attached hydrogen (secondary N) is 2. The SMILES string of the molecule is OCCCNc1nc(Nc2ccc(F)cc2)nc2ccccc12. The summed E-state index contributed by atoms with van der Waals surface area (Å²) in [5.74, 6) is 0.844. The predicted octanol–water partition coefficient (Wildman–Crippen LogP) is 3.31. The summed E-state index contributed by atoms with van der Waals surface area (Å²) >= 11 is 0. The van der Waals surface area contributed by atoms with E-state index in [9.17, 15) is 4.39 Å². The molecule has 0 aliphatic rings. The van der Waals surface area contributed by atoms with Crippen LogP contribution in [0.5, 0.6) is 0 Å². The van der Waals surface area contributed by atoms with Gasteiger partial charge in [-0.15, -0.1) is 0 Å². The third-order valence-electron chi connectivity index (χ3n) is 3.33. The molecular formula is C17H17FN4O. The first kappa shape index (κ1) is 15.2. The van der Waals surface area contributed by atoms with E-state index in [1.54, 1.807) is 12.1 Å². The zero-order valence-electron chi connectivity index (χ0n) is 12.5. The Kier molecular flexibility index (Phi) is 4.63. The van der Waals surface area contributed by atoms with Gasteiger partial charge in [0.25, 0.3) is 0 Å². The number of rotatable bonds is 6. The Balaban J connectivity index is 1.92. The molecule has 0 saturated heterocycles. The number of aliphatic hydroxyl groups is 1. The fourth-order valence-corrected chi connectivity index (χ4v) is 2.22. The van der Waals surface area contributed by atoms with Crippen LogP contribution in [0.3, 0.4) is 0 Å². The number of nitrogens with zero attached hydrogens (tertiary/aromatic N) is 2. The maximum atomic E-state index is 13.0. The van der Waals surface area contributed by atoms with Gasteiger partial charge in [-0.1, -0.05) is 12.1 Å². The molecule has 0 atom stereocenters.